The minimum atomic E-state index is -0.787. The highest BCUT2D eigenvalue weighted by Crippen LogP contribution is 2.38. The van der Waals surface area contributed by atoms with Crippen LogP contribution in [0.2, 0.25) is 0 Å². The zero-order chi connectivity index (χ0) is 25.7. The Morgan fingerprint density at radius 3 is 2.16 bits per heavy atom. The van der Waals surface area contributed by atoms with Crippen LogP contribution in [-0.4, -0.2) is 29.4 Å². The van der Waals surface area contributed by atoms with Gasteiger partial charge in [0.05, 0.1) is 19.8 Å². The molecule has 0 saturated carbocycles. The Hall–Kier alpha value is -3.98. The van der Waals surface area contributed by atoms with E-state index in [0.717, 1.165) is 28.9 Å². The summed E-state index contributed by atoms with van der Waals surface area (Å²) < 4.78 is 13.0. The highest BCUT2D eigenvalue weighted by molar-refractivity contribution is 5.50. The molecule has 0 spiro atoms. The number of nitrogens with one attached hydrogen (secondary N) is 1. The molecule has 0 amide bonds. The lowest BCUT2D eigenvalue weighted by molar-refractivity contribution is -0.0814. The molecule has 3 N–H and O–H groups in total. The number of nitrogens with two attached hydrogens (primary N) is 1. The lowest BCUT2D eigenvalue weighted by Crippen LogP contribution is -2.45. The third kappa shape index (κ3) is 5.13. The summed E-state index contributed by atoms with van der Waals surface area (Å²) in [6.45, 7) is 0.297. The molecular formula is C29H30N4O4. The van der Waals surface area contributed by atoms with Crippen LogP contribution in [0.5, 0.6) is 5.75 Å². The number of anilines is 1. The van der Waals surface area contributed by atoms with Gasteiger partial charge >= 0.3 is 5.69 Å². The molecule has 2 heterocycles. The van der Waals surface area contributed by atoms with Crippen molar-refractivity contribution in [1.29, 1.82) is 0 Å². The van der Waals surface area contributed by atoms with Crippen molar-refractivity contribution in [2.45, 2.75) is 30.7 Å². The predicted octanol–water partition coefficient (Wildman–Crippen LogP) is 4.03. The number of aromatic nitrogens is 2. The van der Waals surface area contributed by atoms with Gasteiger partial charge in [0.2, 0.25) is 0 Å². The fourth-order valence-electron chi connectivity index (χ4n) is 4.80. The van der Waals surface area contributed by atoms with Crippen molar-refractivity contribution in [2.24, 2.45) is 0 Å². The van der Waals surface area contributed by atoms with Crippen molar-refractivity contribution in [3.05, 3.63) is 124 Å². The van der Waals surface area contributed by atoms with Crippen LogP contribution in [0.25, 0.3) is 0 Å². The summed E-state index contributed by atoms with van der Waals surface area (Å²) in [5.74, 6) is 0.970. The van der Waals surface area contributed by atoms with Gasteiger partial charge in [-0.1, -0.05) is 72.8 Å². The number of rotatable bonds is 9. The molecule has 1 saturated heterocycles. The Bertz CT molecular complexity index is 1320. The summed E-state index contributed by atoms with van der Waals surface area (Å²) in [4.78, 5) is 22.2. The van der Waals surface area contributed by atoms with Crippen molar-refractivity contribution in [2.75, 3.05) is 19.5 Å². The number of hydrogen-bond acceptors (Lipinski definition) is 7. The summed E-state index contributed by atoms with van der Waals surface area (Å²) in [6.07, 6.45) is 2.46. The number of hydroxylamine groups is 1. The van der Waals surface area contributed by atoms with Crippen LogP contribution in [0, 0.1) is 0 Å². The summed E-state index contributed by atoms with van der Waals surface area (Å²) in [5, 5.41) is 0. The predicted molar refractivity (Wildman–Crippen MR) is 141 cm³/mol. The zero-order valence-corrected chi connectivity index (χ0v) is 20.6. The summed E-state index contributed by atoms with van der Waals surface area (Å²) >= 11 is 0. The molecule has 0 aliphatic carbocycles. The molecule has 0 bridgehead atoms. The SMILES string of the molecule is COc1ccc(C(NOC[C@@H]2CC[C@H](n3ccc(N)nc3=O)O2)(c2ccccc2)c2ccccc2)cc1. The van der Waals surface area contributed by atoms with Gasteiger partial charge in [-0.2, -0.15) is 10.5 Å². The first-order valence-electron chi connectivity index (χ1n) is 12.2. The summed E-state index contributed by atoms with van der Waals surface area (Å²) in [6, 6.07) is 29.9. The van der Waals surface area contributed by atoms with Crippen molar-refractivity contribution in [3.8, 4) is 5.75 Å². The van der Waals surface area contributed by atoms with Gasteiger partial charge in [-0.15, -0.1) is 0 Å². The molecular weight excluding hydrogens is 468 g/mol. The summed E-state index contributed by atoms with van der Waals surface area (Å²) in [5.41, 5.74) is 10.9. The molecule has 5 rings (SSSR count). The number of nitrogens with zero attached hydrogens (tertiary/aromatic N) is 2. The van der Waals surface area contributed by atoms with Gasteiger partial charge in [0, 0.05) is 6.20 Å². The van der Waals surface area contributed by atoms with Crippen LogP contribution >= 0.6 is 0 Å². The molecule has 1 aliphatic rings. The Labute approximate surface area is 215 Å². The van der Waals surface area contributed by atoms with Gasteiger partial charge in [-0.05, 0) is 47.7 Å². The third-order valence-electron chi connectivity index (χ3n) is 6.68. The highest BCUT2D eigenvalue weighted by atomic mass is 16.7. The maximum absolute atomic E-state index is 12.2. The van der Waals surface area contributed by atoms with E-state index in [4.69, 9.17) is 20.0 Å². The van der Waals surface area contributed by atoms with Gasteiger partial charge in [0.15, 0.2) is 0 Å². The van der Waals surface area contributed by atoms with E-state index in [1.165, 1.54) is 4.57 Å². The zero-order valence-electron chi connectivity index (χ0n) is 20.6. The van der Waals surface area contributed by atoms with Crippen molar-refractivity contribution in [1.82, 2.24) is 15.0 Å². The Morgan fingerprint density at radius 2 is 1.57 bits per heavy atom. The highest BCUT2D eigenvalue weighted by Gasteiger charge is 2.37. The molecule has 2 atom stereocenters. The normalized spacial score (nSPS) is 17.5. The van der Waals surface area contributed by atoms with Crippen LogP contribution in [0.1, 0.15) is 35.8 Å². The quantitative estimate of drug-likeness (QED) is 0.265. The fraction of sp³-hybridized carbons (Fsp3) is 0.241. The van der Waals surface area contributed by atoms with Crippen LogP contribution in [0.3, 0.4) is 0 Å². The van der Waals surface area contributed by atoms with Gasteiger partial charge in [-0.25, -0.2) is 4.79 Å². The summed E-state index contributed by atoms with van der Waals surface area (Å²) in [7, 11) is 1.65. The van der Waals surface area contributed by atoms with Crippen molar-refractivity contribution >= 4 is 5.82 Å². The Morgan fingerprint density at radius 1 is 0.946 bits per heavy atom. The molecule has 4 aromatic rings. The number of methoxy groups -OCH3 is 1. The van der Waals surface area contributed by atoms with E-state index in [9.17, 15) is 4.79 Å². The second-order valence-electron chi connectivity index (χ2n) is 8.96. The van der Waals surface area contributed by atoms with E-state index in [-0.39, 0.29) is 11.9 Å². The molecule has 1 aliphatic heterocycles. The largest absolute Gasteiger partial charge is 0.497 e. The van der Waals surface area contributed by atoms with E-state index in [0.29, 0.717) is 13.0 Å². The lowest BCUT2D eigenvalue weighted by Gasteiger charge is -2.36. The molecule has 8 nitrogen and oxygen atoms in total. The first kappa shape index (κ1) is 24.7. The average molecular weight is 499 g/mol. The number of benzene rings is 3. The van der Waals surface area contributed by atoms with E-state index in [2.05, 4.69) is 34.7 Å². The molecule has 1 aromatic heterocycles. The van der Waals surface area contributed by atoms with Gasteiger partial charge in [-0.3, -0.25) is 9.40 Å². The van der Waals surface area contributed by atoms with Crippen molar-refractivity contribution in [3.63, 3.8) is 0 Å². The monoisotopic (exact) mass is 498 g/mol. The third-order valence-corrected chi connectivity index (χ3v) is 6.68. The standard InChI is InChI=1S/C29H30N4O4/c1-35-24-14-12-23(13-15-24)29(21-8-4-2-5-9-21,22-10-6-3-7-11-22)32-36-20-25-16-17-27(37-25)33-19-18-26(30)31-28(33)34/h2-15,18-19,25,27,32H,16-17,20H2,1H3,(H2,30,31,34)/t25-,27+/m0/s1. The van der Waals surface area contributed by atoms with Crippen LogP contribution in [-0.2, 0) is 15.1 Å². The topological polar surface area (TPSA) is 101 Å². The maximum Gasteiger partial charge on any atom is 0.351 e. The Kier molecular flexibility index (Phi) is 7.32. The number of hydrogen-bond donors (Lipinski definition) is 2. The molecule has 0 radical (unpaired) electrons. The first-order valence-corrected chi connectivity index (χ1v) is 12.2. The Balaban J connectivity index is 1.41. The van der Waals surface area contributed by atoms with E-state index in [1.54, 1.807) is 19.4 Å². The van der Waals surface area contributed by atoms with Gasteiger partial charge < -0.3 is 15.2 Å². The van der Waals surface area contributed by atoms with Gasteiger partial charge in [0.25, 0.3) is 0 Å². The average Bonchev–Trinajstić information content (AvgIpc) is 3.41. The van der Waals surface area contributed by atoms with Crippen LogP contribution in [0.4, 0.5) is 5.82 Å². The first-order chi connectivity index (χ1) is 18.1. The molecule has 3 aromatic carbocycles. The molecule has 0 unspecified atom stereocenters. The van der Waals surface area contributed by atoms with E-state index >= 15 is 0 Å². The number of nitrogen functional groups attached to an aromatic ring is 1. The van der Waals surface area contributed by atoms with Crippen LogP contribution in [0.15, 0.2) is 102 Å². The molecule has 37 heavy (non-hydrogen) atoms. The second-order valence-corrected chi connectivity index (χ2v) is 8.96. The van der Waals surface area contributed by atoms with E-state index < -0.39 is 17.5 Å². The minimum Gasteiger partial charge on any atom is -0.497 e. The maximum atomic E-state index is 12.2. The van der Waals surface area contributed by atoms with Crippen molar-refractivity contribution < 1.29 is 14.3 Å². The lowest BCUT2D eigenvalue weighted by atomic mass is 9.78. The number of ether oxygens (including phenoxy) is 2. The molecule has 190 valence electrons. The van der Waals surface area contributed by atoms with Crippen LogP contribution < -0.4 is 21.6 Å². The van der Waals surface area contributed by atoms with E-state index in [1.807, 2.05) is 60.7 Å². The van der Waals surface area contributed by atoms with Gasteiger partial charge in [0.1, 0.15) is 23.3 Å². The smallest absolute Gasteiger partial charge is 0.351 e. The fourth-order valence-corrected chi connectivity index (χ4v) is 4.80. The second kappa shape index (κ2) is 11.0. The molecule has 1 fully saturated rings. The minimum absolute atomic E-state index is 0.193. The molecule has 8 heteroatoms.